The molecular weight excluding hydrogens is 440 g/mol. The number of rotatable bonds is 4. The Balaban J connectivity index is 1.72. The van der Waals surface area contributed by atoms with E-state index in [1.165, 1.54) is 24.3 Å². The number of hydrogen-bond donors (Lipinski definition) is 2. The Bertz CT molecular complexity index is 1290. The number of alkyl halides is 2. The Morgan fingerprint density at radius 3 is 2.72 bits per heavy atom. The van der Waals surface area contributed by atoms with Crippen LogP contribution in [-0.2, 0) is 17.1 Å². The first-order valence-electron chi connectivity index (χ1n) is 10.1. The molecule has 1 fully saturated rings. The summed E-state index contributed by atoms with van der Waals surface area (Å²) in [5.74, 6) is -2.96. The number of aryl methyl sites for hydroxylation is 1. The number of primary sulfonamides is 1. The second-order valence-electron chi connectivity index (χ2n) is 7.92. The average Bonchev–Trinajstić information content (AvgIpc) is 2.98. The van der Waals surface area contributed by atoms with Gasteiger partial charge >= 0.3 is 0 Å². The van der Waals surface area contributed by atoms with Crippen LogP contribution in [0.2, 0.25) is 0 Å². The monoisotopic (exact) mass is 463 g/mol. The minimum atomic E-state index is -3.94. The first-order valence-corrected chi connectivity index (χ1v) is 11.6. The predicted molar refractivity (Wildman–Crippen MR) is 117 cm³/mol. The number of pyridine rings is 1. The fourth-order valence-electron chi connectivity index (χ4n) is 3.81. The van der Waals surface area contributed by atoms with Crippen LogP contribution in [0.3, 0.4) is 0 Å². The van der Waals surface area contributed by atoms with Gasteiger partial charge in [0.25, 0.3) is 5.91 Å². The fourth-order valence-corrected chi connectivity index (χ4v) is 4.37. The molecule has 3 aromatic rings. The molecule has 4 rings (SSSR count). The summed E-state index contributed by atoms with van der Waals surface area (Å²) in [6, 6.07) is 9.05. The highest BCUT2D eigenvalue weighted by Crippen LogP contribution is 2.32. The molecular formula is C21H23F2N5O3S. The van der Waals surface area contributed by atoms with Crippen molar-refractivity contribution >= 4 is 38.5 Å². The molecule has 1 aliphatic heterocycles. The second-order valence-corrected chi connectivity index (χ2v) is 9.48. The lowest BCUT2D eigenvalue weighted by atomic mass is 10.1. The van der Waals surface area contributed by atoms with Gasteiger partial charge in [0.1, 0.15) is 11.5 Å². The van der Waals surface area contributed by atoms with Crippen LogP contribution in [0.1, 0.15) is 29.6 Å². The Morgan fingerprint density at radius 2 is 1.97 bits per heavy atom. The summed E-state index contributed by atoms with van der Waals surface area (Å²) in [6.45, 7) is 0.414. The third kappa shape index (κ3) is 4.58. The Hall–Kier alpha value is -3.05. The van der Waals surface area contributed by atoms with E-state index in [9.17, 15) is 22.0 Å². The van der Waals surface area contributed by atoms with Gasteiger partial charge < -0.3 is 14.8 Å². The highest BCUT2D eigenvalue weighted by Gasteiger charge is 2.33. The summed E-state index contributed by atoms with van der Waals surface area (Å²) in [5, 5.41) is 8.56. The molecule has 0 saturated carbocycles. The smallest absolute Gasteiger partial charge is 0.259 e. The molecule has 3 heterocycles. The van der Waals surface area contributed by atoms with Crippen LogP contribution in [0, 0.1) is 0 Å². The van der Waals surface area contributed by atoms with Gasteiger partial charge in [-0.15, -0.1) is 0 Å². The second kappa shape index (κ2) is 8.14. The van der Waals surface area contributed by atoms with Gasteiger partial charge in [-0.25, -0.2) is 27.3 Å². The quantitative estimate of drug-likeness (QED) is 0.618. The largest absolute Gasteiger partial charge is 0.356 e. The third-order valence-corrected chi connectivity index (χ3v) is 6.42. The van der Waals surface area contributed by atoms with Crippen LogP contribution in [0.5, 0.6) is 0 Å². The molecule has 170 valence electrons. The summed E-state index contributed by atoms with van der Waals surface area (Å²) in [5.41, 5.74) is 1.08. The number of carbonyl (C=O) groups excluding carboxylic acids is 1. The molecule has 1 aromatic carbocycles. The van der Waals surface area contributed by atoms with Crippen molar-refractivity contribution in [2.24, 2.45) is 12.2 Å². The molecule has 0 spiro atoms. The van der Waals surface area contributed by atoms with Crippen molar-refractivity contribution in [3.8, 4) is 0 Å². The van der Waals surface area contributed by atoms with Crippen molar-refractivity contribution in [3.63, 3.8) is 0 Å². The third-order valence-electron chi connectivity index (χ3n) is 5.51. The van der Waals surface area contributed by atoms with Gasteiger partial charge in [-0.1, -0.05) is 6.07 Å². The number of halogens is 2. The number of carbonyl (C=O) groups is 1. The van der Waals surface area contributed by atoms with E-state index in [1.807, 2.05) is 7.05 Å². The zero-order valence-electron chi connectivity index (χ0n) is 17.4. The number of sulfonamides is 1. The zero-order chi connectivity index (χ0) is 23.1. The number of nitrogens with two attached hydrogens (primary N) is 1. The minimum Gasteiger partial charge on any atom is -0.356 e. The molecule has 8 nitrogen and oxygen atoms in total. The average molecular weight is 464 g/mol. The standard InChI is InChI=1S/C21H23F2N5O3S/c1-27-10-6-14-12-17(20(29)25-15-4-2-5-16(13-15)32(24,30)31)19(26-18(14)27)28-9-3-7-21(22,23)8-11-28/h2,4-6,10,12-13H,3,7-9,11H2,1H3,(H,25,29)(H2,24,30,31). The minimum absolute atomic E-state index is 0.0666. The molecule has 0 radical (unpaired) electrons. The van der Waals surface area contributed by atoms with E-state index in [2.05, 4.69) is 10.3 Å². The summed E-state index contributed by atoms with van der Waals surface area (Å²) in [7, 11) is -2.12. The predicted octanol–water partition coefficient (Wildman–Crippen LogP) is 3.10. The Labute approximate surface area is 184 Å². The van der Waals surface area contributed by atoms with Crippen LogP contribution in [0.15, 0.2) is 47.5 Å². The molecule has 2 aromatic heterocycles. The van der Waals surface area contributed by atoms with Gasteiger partial charge in [0.05, 0.1) is 10.5 Å². The number of aromatic nitrogens is 2. The topological polar surface area (TPSA) is 110 Å². The van der Waals surface area contributed by atoms with Gasteiger partial charge in [0.15, 0.2) is 0 Å². The number of anilines is 2. The van der Waals surface area contributed by atoms with Crippen molar-refractivity contribution in [2.45, 2.75) is 30.1 Å². The van der Waals surface area contributed by atoms with E-state index in [0.29, 0.717) is 18.0 Å². The van der Waals surface area contributed by atoms with E-state index >= 15 is 0 Å². The SMILES string of the molecule is Cn1ccc2cc(C(=O)Nc3cccc(S(N)(=O)=O)c3)c(N3CCCC(F)(F)CC3)nc21. The van der Waals surface area contributed by atoms with Gasteiger partial charge in [-0.2, -0.15) is 0 Å². The molecule has 1 saturated heterocycles. The first kappa shape index (κ1) is 22.2. The zero-order valence-corrected chi connectivity index (χ0v) is 18.2. The molecule has 0 atom stereocenters. The normalized spacial score (nSPS) is 16.7. The van der Waals surface area contributed by atoms with Crippen LogP contribution in [0.25, 0.3) is 11.0 Å². The highest BCUT2D eigenvalue weighted by molar-refractivity contribution is 7.89. The molecule has 3 N–H and O–H groups in total. The number of amides is 1. The van der Waals surface area contributed by atoms with Crippen LogP contribution < -0.4 is 15.4 Å². The molecule has 0 unspecified atom stereocenters. The summed E-state index contributed by atoms with van der Waals surface area (Å²) in [6.07, 6.45) is 1.54. The first-order chi connectivity index (χ1) is 15.0. The summed E-state index contributed by atoms with van der Waals surface area (Å²) >= 11 is 0. The Kier molecular flexibility index (Phi) is 5.63. The molecule has 0 bridgehead atoms. The lowest BCUT2D eigenvalue weighted by Gasteiger charge is -2.24. The molecule has 32 heavy (non-hydrogen) atoms. The maximum absolute atomic E-state index is 13.9. The van der Waals surface area contributed by atoms with Crippen molar-refractivity contribution in [3.05, 3.63) is 48.2 Å². The van der Waals surface area contributed by atoms with Crippen molar-refractivity contribution in [1.29, 1.82) is 0 Å². The summed E-state index contributed by atoms with van der Waals surface area (Å²) < 4.78 is 52.9. The van der Waals surface area contributed by atoms with Gasteiger partial charge in [0, 0.05) is 50.2 Å². The Morgan fingerprint density at radius 1 is 1.19 bits per heavy atom. The molecule has 11 heteroatoms. The maximum atomic E-state index is 13.9. The van der Waals surface area contributed by atoms with E-state index < -0.39 is 21.9 Å². The number of benzene rings is 1. The lowest BCUT2D eigenvalue weighted by molar-refractivity contribution is -0.0102. The van der Waals surface area contributed by atoms with Crippen LogP contribution in [0.4, 0.5) is 20.3 Å². The van der Waals surface area contributed by atoms with E-state index in [-0.39, 0.29) is 42.0 Å². The molecule has 0 aliphatic carbocycles. The van der Waals surface area contributed by atoms with E-state index in [0.717, 1.165) is 5.39 Å². The van der Waals surface area contributed by atoms with Gasteiger partial charge in [0.2, 0.25) is 15.9 Å². The summed E-state index contributed by atoms with van der Waals surface area (Å²) in [4.78, 5) is 19.4. The molecule has 1 aliphatic rings. The lowest BCUT2D eigenvalue weighted by Crippen LogP contribution is -2.29. The number of fused-ring (bicyclic) bond motifs is 1. The van der Waals surface area contributed by atoms with Crippen molar-refractivity contribution < 1.29 is 22.0 Å². The van der Waals surface area contributed by atoms with Crippen LogP contribution >= 0.6 is 0 Å². The van der Waals surface area contributed by atoms with Gasteiger partial charge in [-0.05, 0) is 36.8 Å². The van der Waals surface area contributed by atoms with Gasteiger partial charge in [-0.3, -0.25) is 4.79 Å². The number of hydrogen-bond acceptors (Lipinski definition) is 5. The fraction of sp³-hybridized carbons (Fsp3) is 0.333. The number of nitrogens with zero attached hydrogens (tertiary/aromatic N) is 3. The van der Waals surface area contributed by atoms with E-state index in [4.69, 9.17) is 5.14 Å². The molecule has 1 amide bonds. The maximum Gasteiger partial charge on any atom is 0.259 e. The van der Waals surface area contributed by atoms with E-state index in [1.54, 1.807) is 27.8 Å². The van der Waals surface area contributed by atoms with Crippen molar-refractivity contribution in [1.82, 2.24) is 9.55 Å². The highest BCUT2D eigenvalue weighted by atomic mass is 32.2. The number of nitrogens with one attached hydrogen (secondary N) is 1. The van der Waals surface area contributed by atoms with Crippen LogP contribution in [-0.4, -0.2) is 42.9 Å². The van der Waals surface area contributed by atoms with Crippen molar-refractivity contribution in [2.75, 3.05) is 23.3 Å².